The molecule has 2 aromatic carbocycles. The zero-order valence-electron chi connectivity index (χ0n) is 21.6. The Kier molecular flexibility index (Phi) is 8.54. The van der Waals surface area contributed by atoms with Gasteiger partial charge in [0.2, 0.25) is 17.8 Å². The fraction of sp³-hybridized carbons (Fsp3) is 0.250. The molecule has 5 rings (SSSR count). The standard InChI is InChI=1S/C28H26Cl3N7O2/c1-18-2-4-19(5-3-18)15-33-27(40)23-16-36(25-14-24(31)34-28(35-25)37-9-8-32-17-37)10-11-38(23)26(39)13-20-6-7-21(29)22(30)12-20/h2-9,12,14,17,23H,10-11,13,15-16H2,1H3,(H,33,40). The Hall–Kier alpha value is -3.66. The van der Waals surface area contributed by atoms with E-state index in [9.17, 15) is 9.59 Å². The van der Waals surface area contributed by atoms with E-state index in [4.69, 9.17) is 34.8 Å². The molecule has 9 nitrogen and oxygen atoms in total. The van der Waals surface area contributed by atoms with E-state index in [1.807, 2.05) is 36.1 Å². The van der Waals surface area contributed by atoms with Crippen LogP contribution in [0.4, 0.5) is 5.82 Å². The van der Waals surface area contributed by atoms with Gasteiger partial charge in [0.05, 0.1) is 16.5 Å². The van der Waals surface area contributed by atoms with Gasteiger partial charge in [-0.2, -0.15) is 4.98 Å². The molecule has 0 spiro atoms. The zero-order chi connectivity index (χ0) is 28.2. The Labute approximate surface area is 246 Å². The number of hydrogen-bond acceptors (Lipinski definition) is 6. The molecule has 1 aliphatic rings. The van der Waals surface area contributed by atoms with Gasteiger partial charge in [-0.05, 0) is 30.2 Å². The van der Waals surface area contributed by atoms with Crippen LogP contribution in [0.15, 0.2) is 67.3 Å². The number of aryl methyl sites for hydroxylation is 1. The lowest BCUT2D eigenvalue weighted by molar-refractivity contribution is -0.140. The highest BCUT2D eigenvalue weighted by molar-refractivity contribution is 6.42. The fourth-order valence-electron chi connectivity index (χ4n) is 4.50. The highest BCUT2D eigenvalue weighted by Crippen LogP contribution is 2.25. The first-order valence-electron chi connectivity index (χ1n) is 12.6. The van der Waals surface area contributed by atoms with E-state index in [-0.39, 0.29) is 29.9 Å². The zero-order valence-corrected chi connectivity index (χ0v) is 23.9. The minimum absolute atomic E-state index is 0.0861. The molecule has 0 radical (unpaired) electrons. The molecule has 2 aromatic heterocycles. The quantitative estimate of drug-likeness (QED) is 0.315. The number of carbonyl (C=O) groups is 2. The molecular formula is C28H26Cl3N7O2. The van der Waals surface area contributed by atoms with Crippen molar-refractivity contribution in [3.8, 4) is 5.95 Å². The number of piperazine rings is 1. The van der Waals surface area contributed by atoms with Crippen molar-refractivity contribution >= 4 is 52.4 Å². The number of benzene rings is 2. The molecule has 0 bridgehead atoms. The average molecular weight is 599 g/mol. The Morgan fingerprint density at radius 2 is 1.75 bits per heavy atom. The highest BCUT2D eigenvalue weighted by atomic mass is 35.5. The van der Waals surface area contributed by atoms with Gasteiger partial charge in [-0.3, -0.25) is 14.2 Å². The SMILES string of the molecule is Cc1ccc(CNC(=O)C2CN(c3cc(Cl)nc(-n4ccnc4)n3)CCN2C(=O)Cc2ccc(Cl)c(Cl)c2)cc1. The predicted octanol–water partition coefficient (Wildman–Crippen LogP) is 4.51. The van der Waals surface area contributed by atoms with Crippen molar-refractivity contribution < 1.29 is 9.59 Å². The smallest absolute Gasteiger partial charge is 0.244 e. The van der Waals surface area contributed by atoms with Crippen LogP contribution >= 0.6 is 34.8 Å². The van der Waals surface area contributed by atoms with Crippen molar-refractivity contribution in [2.75, 3.05) is 24.5 Å². The van der Waals surface area contributed by atoms with Gasteiger partial charge in [0.15, 0.2) is 0 Å². The first-order valence-corrected chi connectivity index (χ1v) is 13.7. The Balaban J connectivity index is 1.38. The third-order valence-electron chi connectivity index (χ3n) is 6.66. The van der Waals surface area contributed by atoms with Crippen LogP contribution in [0.25, 0.3) is 5.95 Å². The molecule has 1 N–H and O–H groups in total. The van der Waals surface area contributed by atoms with E-state index in [0.717, 1.165) is 11.1 Å². The summed E-state index contributed by atoms with van der Waals surface area (Å²) >= 11 is 18.5. The molecule has 1 unspecified atom stereocenters. The van der Waals surface area contributed by atoms with E-state index < -0.39 is 6.04 Å². The number of anilines is 1. The van der Waals surface area contributed by atoms with Crippen LogP contribution in [0, 0.1) is 6.92 Å². The summed E-state index contributed by atoms with van der Waals surface area (Å²) in [6.07, 6.45) is 5.01. The maximum absolute atomic E-state index is 13.6. The molecule has 0 saturated carbocycles. The maximum atomic E-state index is 13.6. The molecule has 12 heteroatoms. The van der Waals surface area contributed by atoms with Gasteiger partial charge in [0.1, 0.15) is 23.3 Å². The number of imidazole rings is 1. The van der Waals surface area contributed by atoms with Crippen LogP contribution in [-0.2, 0) is 22.6 Å². The molecule has 2 amide bonds. The minimum Gasteiger partial charge on any atom is -0.352 e. The lowest BCUT2D eigenvalue weighted by Gasteiger charge is -2.41. The van der Waals surface area contributed by atoms with E-state index in [0.29, 0.717) is 47.0 Å². The summed E-state index contributed by atoms with van der Waals surface area (Å²) in [5.74, 6) is 0.464. The number of halogens is 3. The molecule has 1 fully saturated rings. The van der Waals surface area contributed by atoms with Crippen LogP contribution in [0.1, 0.15) is 16.7 Å². The first kappa shape index (κ1) is 27.9. The highest BCUT2D eigenvalue weighted by Gasteiger charge is 2.36. The second kappa shape index (κ2) is 12.2. The lowest BCUT2D eigenvalue weighted by atomic mass is 10.1. The van der Waals surface area contributed by atoms with Crippen molar-refractivity contribution in [1.82, 2.24) is 29.7 Å². The molecule has 1 saturated heterocycles. The first-order chi connectivity index (χ1) is 19.3. The summed E-state index contributed by atoms with van der Waals surface area (Å²) in [5.41, 5.74) is 2.82. The second-order valence-corrected chi connectivity index (χ2v) is 10.7. The number of aromatic nitrogens is 4. The van der Waals surface area contributed by atoms with Crippen LogP contribution in [0.2, 0.25) is 15.2 Å². The van der Waals surface area contributed by atoms with Crippen molar-refractivity contribution in [2.45, 2.75) is 25.9 Å². The summed E-state index contributed by atoms with van der Waals surface area (Å²) in [7, 11) is 0. The second-order valence-electron chi connectivity index (χ2n) is 9.50. The van der Waals surface area contributed by atoms with Gasteiger partial charge in [-0.15, -0.1) is 0 Å². The Bertz CT molecular complexity index is 1510. The van der Waals surface area contributed by atoms with Crippen molar-refractivity contribution in [2.24, 2.45) is 0 Å². The molecule has 4 aromatic rings. The summed E-state index contributed by atoms with van der Waals surface area (Å²) in [6.45, 7) is 3.34. The van der Waals surface area contributed by atoms with Crippen LogP contribution in [-0.4, -0.2) is 61.9 Å². The summed E-state index contributed by atoms with van der Waals surface area (Å²) in [5, 5.41) is 4.05. The molecule has 3 heterocycles. The summed E-state index contributed by atoms with van der Waals surface area (Å²) < 4.78 is 1.65. The van der Waals surface area contributed by atoms with Gasteiger partial charge in [-0.25, -0.2) is 9.97 Å². The molecular weight excluding hydrogens is 573 g/mol. The van der Waals surface area contributed by atoms with Crippen molar-refractivity contribution in [1.29, 1.82) is 0 Å². The number of hydrogen-bond donors (Lipinski definition) is 1. The molecule has 1 aliphatic heterocycles. The van der Waals surface area contributed by atoms with Gasteiger partial charge >= 0.3 is 0 Å². The predicted molar refractivity (Wildman–Crippen MR) is 155 cm³/mol. The average Bonchev–Trinajstić information content (AvgIpc) is 3.49. The summed E-state index contributed by atoms with van der Waals surface area (Å²) in [6, 6.07) is 13.9. The van der Waals surface area contributed by atoms with Crippen molar-refractivity contribution in [3.63, 3.8) is 0 Å². The van der Waals surface area contributed by atoms with E-state index in [1.165, 1.54) is 0 Å². The van der Waals surface area contributed by atoms with Gasteiger partial charge < -0.3 is 15.1 Å². The number of rotatable bonds is 7. The van der Waals surface area contributed by atoms with Gasteiger partial charge in [0.25, 0.3) is 0 Å². The van der Waals surface area contributed by atoms with Crippen molar-refractivity contribution in [3.05, 3.63) is 99.1 Å². The summed E-state index contributed by atoms with van der Waals surface area (Å²) in [4.78, 5) is 43.6. The number of carbonyl (C=O) groups excluding carboxylic acids is 2. The number of nitrogens with zero attached hydrogens (tertiary/aromatic N) is 6. The molecule has 40 heavy (non-hydrogen) atoms. The number of amides is 2. The van der Waals surface area contributed by atoms with Gasteiger partial charge in [0, 0.05) is 44.6 Å². The van der Waals surface area contributed by atoms with Crippen LogP contribution in [0.5, 0.6) is 0 Å². The third-order valence-corrected chi connectivity index (χ3v) is 7.59. The third kappa shape index (κ3) is 6.55. The van der Waals surface area contributed by atoms with Gasteiger partial charge in [-0.1, -0.05) is 70.7 Å². The van der Waals surface area contributed by atoms with E-state index >= 15 is 0 Å². The topological polar surface area (TPSA) is 96.2 Å². The van der Waals surface area contributed by atoms with E-state index in [1.54, 1.807) is 52.5 Å². The fourth-order valence-corrected chi connectivity index (χ4v) is 5.00. The largest absolute Gasteiger partial charge is 0.352 e. The van der Waals surface area contributed by atoms with Crippen LogP contribution < -0.4 is 10.2 Å². The monoisotopic (exact) mass is 597 g/mol. The lowest BCUT2D eigenvalue weighted by Crippen LogP contribution is -2.61. The maximum Gasteiger partial charge on any atom is 0.244 e. The number of nitrogens with one attached hydrogen (secondary N) is 1. The molecule has 1 atom stereocenters. The van der Waals surface area contributed by atoms with E-state index in [2.05, 4.69) is 20.3 Å². The van der Waals surface area contributed by atoms with Crippen LogP contribution in [0.3, 0.4) is 0 Å². The Morgan fingerprint density at radius 3 is 2.48 bits per heavy atom. The molecule has 206 valence electrons. The molecule has 0 aliphatic carbocycles. The Morgan fingerprint density at radius 1 is 0.975 bits per heavy atom. The normalized spacial score (nSPS) is 15.2. The minimum atomic E-state index is -0.764.